The lowest BCUT2D eigenvalue weighted by molar-refractivity contribution is -0.197. The Balaban J connectivity index is 1.29. The van der Waals surface area contributed by atoms with Gasteiger partial charge in [-0.15, -0.1) is 0 Å². The molecule has 246 valence electrons. The number of aliphatic hydroxyl groups is 2. The molecule has 46 heavy (non-hydrogen) atoms. The van der Waals surface area contributed by atoms with Crippen LogP contribution in [0.25, 0.3) is 6.08 Å². The quantitative estimate of drug-likeness (QED) is 0.248. The summed E-state index contributed by atoms with van der Waals surface area (Å²) in [6, 6.07) is 5.30. The fraction of sp³-hybridized carbons (Fsp3) is 0.588. The lowest BCUT2D eigenvalue weighted by atomic mass is 9.43. The third kappa shape index (κ3) is 5.39. The van der Waals surface area contributed by atoms with Crippen molar-refractivity contribution in [2.45, 2.75) is 63.3 Å². The Morgan fingerprint density at radius 2 is 1.96 bits per heavy atom. The molecule has 0 bridgehead atoms. The first kappa shape index (κ1) is 31.2. The maximum Gasteiger partial charge on any atom is 0.341 e. The predicted molar refractivity (Wildman–Crippen MR) is 170 cm³/mol. The van der Waals surface area contributed by atoms with Crippen LogP contribution in [-0.2, 0) is 19.0 Å². The van der Waals surface area contributed by atoms with E-state index in [4.69, 9.17) is 19.9 Å². The van der Waals surface area contributed by atoms with Crippen molar-refractivity contribution in [3.05, 3.63) is 59.8 Å². The molecule has 12 heteroatoms. The van der Waals surface area contributed by atoms with E-state index in [0.29, 0.717) is 55.4 Å². The molecular weight excluding hydrogens is 588 g/mol. The van der Waals surface area contributed by atoms with Crippen molar-refractivity contribution >= 4 is 23.8 Å². The molecule has 5 N–H and O–H groups in total. The van der Waals surface area contributed by atoms with Gasteiger partial charge in [0.1, 0.15) is 17.2 Å². The maximum absolute atomic E-state index is 13.6. The first-order valence-electron chi connectivity index (χ1n) is 16.3. The molecule has 1 spiro atoms. The Morgan fingerprint density at radius 3 is 2.63 bits per heavy atom. The highest BCUT2D eigenvalue weighted by molar-refractivity contribution is 5.95. The summed E-state index contributed by atoms with van der Waals surface area (Å²) in [5, 5.41) is 25.7. The van der Waals surface area contributed by atoms with Crippen LogP contribution >= 0.6 is 0 Å². The number of ether oxygens (including phenoxy) is 3. The van der Waals surface area contributed by atoms with Crippen molar-refractivity contribution in [1.29, 1.82) is 0 Å². The summed E-state index contributed by atoms with van der Waals surface area (Å²) in [6.07, 6.45) is 10.6. The number of esters is 1. The van der Waals surface area contributed by atoms with Gasteiger partial charge < -0.3 is 35.5 Å². The number of nitrogens with zero attached hydrogens (tertiary/aromatic N) is 4. The van der Waals surface area contributed by atoms with Gasteiger partial charge in [-0.05, 0) is 67.2 Å². The van der Waals surface area contributed by atoms with Crippen molar-refractivity contribution in [1.82, 2.24) is 19.9 Å². The number of pyridine rings is 1. The number of epoxide rings is 1. The summed E-state index contributed by atoms with van der Waals surface area (Å²) in [5.41, 5.74) is 5.45. The molecule has 2 saturated heterocycles. The zero-order valence-corrected chi connectivity index (χ0v) is 26.5. The number of carbonyl (C=O) groups is 1. The highest BCUT2D eigenvalue weighted by atomic mass is 16.6. The molecular formula is C34H44N6O6. The molecule has 5 unspecified atom stereocenters. The number of carbonyl (C=O) groups excluding carboxylic acids is 1. The number of nitrogens with two attached hydrogens (primary N) is 1. The zero-order valence-electron chi connectivity index (χ0n) is 26.5. The van der Waals surface area contributed by atoms with Crippen molar-refractivity contribution in [3.63, 3.8) is 0 Å². The second-order valence-corrected chi connectivity index (χ2v) is 14.0. The summed E-state index contributed by atoms with van der Waals surface area (Å²) in [4.78, 5) is 28.7. The normalized spacial score (nSPS) is 37.4. The molecule has 7 rings (SSSR count). The highest BCUT2D eigenvalue weighted by Crippen LogP contribution is 2.67. The van der Waals surface area contributed by atoms with E-state index in [1.54, 1.807) is 30.7 Å². The van der Waals surface area contributed by atoms with Crippen LogP contribution in [-0.4, -0.2) is 99.3 Å². The van der Waals surface area contributed by atoms with Crippen molar-refractivity contribution in [2.75, 3.05) is 50.6 Å². The van der Waals surface area contributed by atoms with Gasteiger partial charge in [0.15, 0.2) is 0 Å². The van der Waals surface area contributed by atoms with Crippen LogP contribution in [0, 0.1) is 22.7 Å². The zero-order chi connectivity index (χ0) is 32.1. The molecule has 5 heterocycles. The summed E-state index contributed by atoms with van der Waals surface area (Å²) >= 11 is 0. The van der Waals surface area contributed by atoms with E-state index in [1.807, 2.05) is 25.1 Å². The third-order valence-corrected chi connectivity index (χ3v) is 11.6. The molecule has 2 saturated carbocycles. The van der Waals surface area contributed by atoms with Crippen molar-refractivity contribution in [3.8, 4) is 0 Å². The number of aliphatic hydroxyl groups excluding tert-OH is 2. The second kappa shape index (κ2) is 12.0. The minimum atomic E-state index is -0.668. The molecule has 5 aliphatic rings. The molecule has 3 aliphatic heterocycles. The third-order valence-electron chi connectivity index (χ3n) is 11.6. The van der Waals surface area contributed by atoms with Crippen LogP contribution in [0.2, 0.25) is 0 Å². The van der Waals surface area contributed by atoms with E-state index in [-0.39, 0.29) is 35.8 Å². The number of aromatic nitrogens is 3. The second-order valence-electron chi connectivity index (χ2n) is 14.0. The molecule has 2 aromatic heterocycles. The van der Waals surface area contributed by atoms with Gasteiger partial charge in [-0.3, -0.25) is 4.90 Å². The monoisotopic (exact) mass is 632 g/mol. The Bertz CT molecular complexity index is 1490. The summed E-state index contributed by atoms with van der Waals surface area (Å²) in [6.45, 7) is 7.82. The lowest BCUT2D eigenvalue weighted by Gasteiger charge is -2.64. The first-order valence-corrected chi connectivity index (χ1v) is 16.3. The summed E-state index contributed by atoms with van der Waals surface area (Å²) in [5.74, 6) is 0.813. The molecule has 0 aromatic carbocycles. The van der Waals surface area contributed by atoms with E-state index in [2.05, 4.69) is 32.1 Å². The van der Waals surface area contributed by atoms with Crippen LogP contribution in [0.15, 0.2) is 54.2 Å². The molecule has 8 atom stereocenters. The van der Waals surface area contributed by atoms with Crippen molar-refractivity contribution in [2.24, 2.45) is 22.7 Å². The first-order chi connectivity index (χ1) is 22.2. The number of anilines is 2. The van der Waals surface area contributed by atoms with E-state index in [0.717, 1.165) is 25.9 Å². The van der Waals surface area contributed by atoms with Crippen LogP contribution in [0.5, 0.6) is 0 Å². The number of nitrogen functional groups attached to an aromatic ring is 1. The van der Waals surface area contributed by atoms with E-state index in [9.17, 15) is 15.0 Å². The van der Waals surface area contributed by atoms with Crippen LogP contribution < -0.4 is 11.1 Å². The number of allylic oxidation sites excluding steroid dienone is 1. The van der Waals surface area contributed by atoms with Gasteiger partial charge in [0.05, 0.1) is 44.1 Å². The SMILES string of the molecule is C[C@]12CC[C@@H](O)[C@@](C)(CO)C1CC(N1CCOCC1)C1(CO1)C2CC(Nc1ccccn1)C1=CC(=Cc2cnc(N)nc2)OC1=O. The average molecular weight is 633 g/mol. The topological polar surface area (TPSA) is 168 Å². The number of fused-ring (bicyclic) bond motifs is 1. The lowest BCUT2D eigenvalue weighted by Crippen LogP contribution is -2.68. The molecule has 0 radical (unpaired) electrons. The minimum Gasteiger partial charge on any atom is -0.423 e. The van der Waals surface area contributed by atoms with Gasteiger partial charge in [0, 0.05) is 48.7 Å². The molecule has 12 nitrogen and oxygen atoms in total. The van der Waals surface area contributed by atoms with Gasteiger partial charge in [-0.1, -0.05) is 19.9 Å². The number of cyclic esters (lactones) is 1. The minimum absolute atomic E-state index is 0.00147. The molecule has 2 aliphatic carbocycles. The maximum atomic E-state index is 13.6. The Hall–Kier alpha value is -3.42. The highest BCUT2D eigenvalue weighted by Gasteiger charge is 2.71. The largest absolute Gasteiger partial charge is 0.423 e. The van der Waals surface area contributed by atoms with Crippen molar-refractivity contribution < 1.29 is 29.2 Å². The van der Waals surface area contributed by atoms with Gasteiger partial charge in [0.25, 0.3) is 0 Å². The predicted octanol–water partition coefficient (Wildman–Crippen LogP) is 2.41. The Labute approximate surface area is 269 Å². The smallest absolute Gasteiger partial charge is 0.341 e. The number of nitrogens with one attached hydrogen (secondary N) is 1. The number of hydrogen-bond donors (Lipinski definition) is 4. The summed E-state index contributed by atoms with van der Waals surface area (Å²) in [7, 11) is 0. The molecule has 0 amide bonds. The van der Waals surface area contributed by atoms with Crippen LogP contribution in [0.3, 0.4) is 0 Å². The Kier molecular flexibility index (Phi) is 8.13. The number of hydrogen-bond acceptors (Lipinski definition) is 12. The van der Waals surface area contributed by atoms with Gasteiger partial charge in [0.2, 0.25) is 5.95 Å². The van der Waals surface area contributed by atoms with Gasteiger partial charge in [-0.2, -0.15) is 0 Å². The van der Waals surface area contributed by atoms with E-state index < -0.39 is 29.1 Å². The molecule has 4 fully saturated rings. The van der Waals surface area contributed by atoms with Crippen LogP contribution in [0.4, 0.5) is 11.8 Å². The van der Waals surface area contributed by atoms with E-state index in [1.165, 1.54) is 0 Å². The standard InChI is InChI=1S/C34H44N6O6/c1-32-7-6-28(42)33(2,19-41)25(32)16-27(40-9-11-44-12-10-40)34(20-45-34)26(32)15-24(39-29-5-3-4-8-36-29)23-14-22(46-30(23)43)13-21-17-37-31(35)38-18-21/h3-5,8,13-14,17-18,24-28,41-42H,6-7,9-12,15-16,19-20H2,1-2H3,(H,36,39)(H2,35,37,38)/t24?,25?,26?,27?,28-,32+,33+,34?/m1/s1. The Morgan fingerprint density at radius 1 is 1.20 bits per heavy atom. The van der Waals surface area contributed by atoms with E-state index >= 15 is 0 Å². The molecule has 2 aromatic rings. The van der Waals surface area contributed by atoms with Gasteiger partial charge in [-0.25, -0.2) is 19.7 Å². The fourth-order valence-electron chi connectivity index (χ4n) is 9.05. The fourth-order valence-corrected chi connectivity index (χ4v) is 9.05. The average Bonchev–Trinajstić information content (AvgIpc) is 3.77. The number of rotatable bonds is 8. The summed E-state index contributed by atoms with van der Waals surface area (Å²) < 4.78 is 18.1. The van der Waals surface area contributed by atoms with Gasteiger partial charge >= 0.3 is 5.97 Å². The number of morpholine rings is 1. The van der Waals surface area contributed by atoms with Crippen LogP contribution in [0.1, 0.15) is 45.1 Å².